The first kappa shape index (κ1) is 18.0. The SMILES string of the molecule is COC(=O)C(NC(=O)CCC[Te]c1ccccc1)C(C)C. The molecule has 0 heterocycles. The Morgan fingerprint density at radius 3 is 2.48 bits per heavy atom. The van der Waals surface area contributed by atoms with E-state index in [1.165, 1.54) is 10.7 Å². The molecule has 1 N–H and O–H groups in total. The number of esters is 1. The molecule has 1 amide bonds. The van der Waals surface area contributed by atoms with Gasteiger partial charge in [0.2, 0.25) is 0 Å². The summed E-state index contributed by atoms with van der Waals surface area (Å²) in [6.45, 7) is 3.79. The van der Waals surface area contributed by atoms with Crippen molar-refractivity contribution in [1.29, 1.82) is 0 Å². The molecule has 0 aliphatic heterocycles. The third-order valence-corrected chi connectivity index (χ3v) is 6.13. The predicted molar refractivity (Wildman–Crippen MR) is 84.7 cm³/mol. The molecule has 1 atom stereocenters. The molecule has 0 fully saturated rings. The summed E-state index contributed by atoms with van der Waals surface area (Å²) in [5.74, 6) is -0.421. The molecule has 1 aromatic rings. The van der Waals surface area contributed by atoms with Crippen molar-refractivity contribution in [3.05, 3.63) is 30.3 Å². The molecule has 116 valence electrons. The summed E-state index contributed by atoms with van der Waals surface area (Å²) in [6.07, 6.45) is 1.34. The van der Waals surface area contributed by atoms with Gasteiger partial charge in [0.1, 0.15) is 0 Å². The first-order valence-corrected chi connectivity index (χ1v) is 9.91. The summed E-state index contributed by atoms with van der Waals surface area (Å²) in [5.41, 5.74) is 0. The first-order chi connectivity index (χ1) is 10.0. The Balaban J connectivity index is 2.28. The van der Waals surface area contributed by atoms with Gasteiger partial charge in [-0.25, -0.2) is 0 Å². The second-order valence-corrected chi connectivity index (χ2v) is 8.41. The van der Waals surface area contributed by atoms with Crippen LogP contribution in [-0.4, -0.2) is 46.0 Å². The molecule has 21 heavy (non-hydrogen) atoms. The average Bonchev–Trinajstić information content (AvgIpc) is 2.49. The van der Waals surface area contributed by atoms with Gasteiger partial charge in [0.25, 0.3) is 0 Å². The first-order valence-electron chi connectivity index (χ1n) is 7.09. The topological polar surface area (TPSA) is 55.4 Å². The molecular weight excluding hydrogens is 382 g/mol. The molecule has 1 unspecified atom stereocenters. The molecule has 1 aromatic carbocycles. The molecule has 0 saturated heterocycles. The number of benzene rings is 1. The summed E-state index contributed by atoms with van der Waals surface area (Å²) in [6, 6.07) is 9.87. The van der Waals surface area contributed by atoms with Crippen molar-refractivity contribution >= 4 is 36.4 Å². The fraction of sp³-hybridized carbons (Fsp3) is 0.500. The Labute approximate surface area is 136 Å². The van der Waals surface area contributed by atoms with Crippen molar-refractivity contribution in [3.63, 3.8) is 0 Å². The van der Waals surface area contributed by atoms with E-state index in [0.29, 0.717) is 6.42 Å². The van der Waals surface area contributed by atoms with Crippen LogP contribution in [0.5, 0.6) is 0 Å². The van der Waals surface area contributed by atoms with Crippen molar-refractivity contribution in [3.8, 4) is 0 Å². The number of amides is 1. The molecule has 5 heteroatoms. The van der Waals surface area contributed by atoms with Gasteiger partial charge in [0.05, 0.1) is 0 Å². The van der Waals surface area contributed by atoms with E-state index in [-0.39, 0.29) is 38.7 Å². The van der Waals surface area contributed by atoms with Gasteiger partial charge in [-0.2, -0.15) is 0 Å². The average molecular weight is 405 g/mol. The van der Waals surface area contributed by atoms with Crippen LogP contribution in [0.3, 0.4) is 0 Å². The van der Waals surface area contributed by atoms with E-state index in [1.807, 2.05) is 19.9 Å². The van der Waals surface area contributed by atoms with Gasteiger partial charge in [0.15, 0.2) is 0 Å². The van der Waals surface area contributed by atoms with Gasteiger partial charge in [-0.15, -0.1) is 0 Å². The van der Waals surface area contributed by atoms with Crippen LogP contribution in [0, 0.1) is 5.92 Å². The van der Waals surface area contributed by atoms with E-state index in [0.717, 1.165) is 10.9 Å². The number of hydrogen-bond acceptors (Lipinski definition) is 3. The van der Waals surface area contributed by atoms with Crippen LogP contribution in [-0.2, 0) is 14.3 Å². The van der Waals surface area contributed by atoms with Crippen LogP contribution in [0.15, 0.2) is 30.3 Å². The number of carbonyl (C=O) groups excluding carboxylic acids is 2. The van der Waals surface area contributed by atoms with Crippen molar-refractivity contribution in [2.75, 3.05) is 7.11 Å². The summed E-state index contributed by atoms with van der Waals surface area (Å²) in [5, 5.41) is 2.77. The Morgan fingerprint density at radius 1 is 1.24 bits per heavy atom. The number of carbonyl (C=O) groups is 2. The summed E-state index contributed by atoms with van der Waals surface area (Å²) in [4.78, 5) is 23.5. The maximum absolute atomic E-state index is 11.9. The molecule has 0 radical (unpaired) electrons. The zero-order valence-corrected chi connectivity index (χ0v) is 15.1. The van der Waals surface area contributed by atoms with Crippen molar-refractivity contribution in [2.45, 2.75) is 37.2 Å². The minimum absolute atomic E-state index is 0.0273. The summed E-state index contributed by atoms with van der Waals surface area (Å²) < 4.78 is 7.22. The molecule has 0 aliphatic rings. The third-order valence-electron chi connectivity index (χ3n) is 3.00. The Kier molecular flexibility index (Phi) is 8.41. The Morgan fingerprint density at radius 2 is 1.90 bits per heavy atom. The summed E-state index contributed by atoms with van der Waals surface area (Å²) in [7, 11) is 1.34. The molecule has 0 aromatic heterocycles. The van der Waals surface area contributed by atoms with Gasteiger partial charge in [-0.05, 0) is 0 Å². The molecular formula is C16H23NO3Te. The van der Waals surface area contributed by atoms with Crippen LogP contribution in [0.1, 0.15) is 26.7 Å². The van der Waals surface area contributed by atoms with Crippen LogP contribution < -0.4 is 8.93 Å². The molecule has 0 spiro atoms. The molecule has 4 nitrogen and oxygen atoms in total. The van der Waals surface area contributed by atoms with Gasteiger partial charge in [-0.3, -0.25) is 0 Å². The van der Waals surface area contributed by atoms with Gasteiger partial charge >= 0.3 is 137 Å². The number of methoxy groups -OCH3 is 1. The van der Waals surface area contributed by atoms with Crippen LogP contribution in [0.2, 0.25) is 4.47 Å². The van der Waals surface area contributed by atoms with Crippen LogP contribution >= 0.6 is 0 Å². The number of nitrogens with one attached hydrogen (secondary N) is 1. The molecule has 0 aliphatic carbocycles. The fourth-order valence-electron chi connectivity index (χ4n) is 1.81. The number of ether oxygens (including phenoxy) is 1. The van der Waals surface area contributed by atoms with Crippen LogP contribution in [0.4, 0.5) is 0 Å². The van der Waals surface area contributed by atoms with E-state index in [9.17, 15) is 9.59 Å². The maximum atomic E-state index is 11.9. The Hall–Kier alpha value is -1.05. The zero-order valence-electron chi connectivity index (χ0n) is 12.8. The number of rotatable bonds is 8. The van der Waals surface area contributed by atoms with Crippen molar-refractivity contribution in [2.24, 2.45) is 5.92 Å². The predicted octanol–water partition coefficient (Wildman–Crippen LogP) is 1.53. The van der Waals surface area contributed by atoms with Crippen molar-refractivity contribution < 1.29 is 14.3 Å². The second-order valence-electron chi connectivity index (χ2n) is 5.08. The Bertz CT molecular complexity index is 448. The van der Waals surface area contributed by atoms with E-state index in [1.54, 1.807) is 0 Å². The second kappa shape index (κ2) is 9.81. The standard InChI is InChI=1S/C16H23NO3Te/c1-12(2)15(16(19)20-3)17-14(18)10-7-11-21-13-8-5-4-6-9-13/h4-6,8-9,12,15H,7,10-11H2,1-3H3,(H,17,18). The monoisotopic (exact) mass is 407 g/mol. The van der Waals surface area contributed by atoms with Gasteiger partial charge < -0.3 is 0 Å². The van der Waals surface area contributed by atoms with E-state index in [4.69, 9.17) is 4.74 Å². The van der Waals surface area contributed by atoms with Gasteiger partial charge in [0, 0.05) is 0 Å². The fourth-order valence-corrected chi connectivity index (χ4v) is 4.30. The minimum atomic E-state index is -0.548. The van der Waals surface area contributed by atoms with Gasteiger partial charge in [-0.1, -0.05) is 0 Å². The summed E-state index contributed by atoms with van der Waals surface area (Å²) >= 11 is -0.208. The van der Waals surface area contributed by atoms with E-state index >= 15 is 0 Å². The third kappa shape index (κ3) is 6.97. The molecule has 1 rings (SSSR count). The van der Waals surface area contributed by atoms with Crippen molar-refractivity contribution in [1.82, 2.24) is 5.32 Å². The van der Waals surface area contributed by atoms with Crippen LogP contribution in [0.25, 0.3) is 0 Å². The molecule has 0 saturated carbocycles. The molecule has 0 bridgehead atoms. The van der Waals surface area contributed by atoms with E-state index < -0.39 is 6.04 Å². The number of hydrogen-bond donors (Lipinski definition) is 1. The quantitative estimate of drug-likeness (QED) is 0.406. The normalized spacial score (nSPS) is 12.0. The van der Waals surface area contributed by atoms with E-state index in [2.05, 4.69) is 29.6 Å². The zero-order chi connectivity index (χ0) is 15.7.